The number of rotatable bonds is 15. The van der Waals surface area contributed by atoms with Gasteiger partial charge >= 0.3 is 30.4 Å². The topological polar surface area (TPSA) is 251 Å². The van der Waals surface area contributed by atoms with Crippen molar-refractivity contribution in [1.29, 1.82) is 0 Å². The first-order valence-electron chi connectivity index (χ1n) is 23.4. The van der Waals surface area contributed by atoms with Gasteiger partial charge in [0.05, 0.1) is 17.3 Å². The minimum absolute atomic E-state index is 0.0117. The Morgan fingerprint density at radius 1 is 0.789 bits per heavy atom. The molecular formula is C53H54F6N6O11. The summed E-state index contributed by atoms with van der Waals surface area (Å²) in [4.78, 5) is 75.3. The molecule has 0 aliphatic carbocycles. The van der Waals surface area contributed by atoms with Gasteiger partial charge in [-0.05, 0) is 91.4 Å². The molecular weight excluding hydrogens is 1010 g/mol. The van der Waals surface area contributed by atoms with Crippen molar-refractivity contribution in [3.05, 3.63) is 154 Å². The van der Waals surface area contributed by atoms with E-state index in [1.54, 1.807) is 48.3 Å². The number of H-pyrrole nitrogens is 1. The summed E-state index contributed by atoms with van der Waals surface area (Å²) in [6.45, 7) is 4.26. The number of carboxylic acids is 2. The minimum Gasteiger partial charge on any atom is -0.506 e. The van der Waals surface area contributed by atoms with Gasteiger partial charge < -0.3 is 50.6 Å². The number of ether oxygens (including phenoxy) is 1. The SMILES string of the molecule is C[C@H](Cc1ccc(NC(=O)c2cccc(N(C)C(=O)CCN3CCC(OC(=O)Nc4ccccc4-c4ccccc4)CC3)c2)cc1)NC[C@H](O)c1ccc(O)c2[nH]c(=O)ccc12.O=C(O)C(F)(F)F.O=C(O)C(F)(F)F. The first kappa shape index (κ1) is 58.6. The van der Waals surface area contributed by atoms with Crippen molar-refractivity contribution in [2.45, 2.75) is 63.2 Å². The molecule has 0 radical (unpaired) electrons. The number of hydrogen-bond donors (Lipinski definition) is 8. The highest BCUT2D eigenvalue weighted by molar-refractivity contribution is 6.05. The number of aliphatic carboxylic acids is 2. The Balaban J connectivity index is 0.000000671. The summed E-state index contributed by atoms with van der Waals surface area (Å²) in [6, 6.07) is 38.1. The van der Waals surface area contributed by atoms with Crippen LogP contribution in [0.5, 0.6) is 5.75 Å². The van der Waals surface area contributed by atoms with Gasteiger partial charge in [0.1, 0.15) is 11.9 Å². The maximum atomic E-state index is 13.3. The van der Waals surface area contributed by atoms with Gasteiger partial charge in [0, 0.05) is 79.6 Å². The number of likely N-dealkylation sites (tertiary alicyclic amines) is 1. The van der Waals surface area contributed by atoms with Crippen LogP contribution in [0.15, 0.2) is 132 Å². The number of amides is 3. The largest absolute Gasteiger partial charge is 0.506 e. The molecule has 1 aliphatic rings. The number of piperidine rings is 1. The summed E-state index contributed by atoms with van der Waals surface area (Å²) in [5, 5.41) is 45.1. The summed E-state index contributed by atoms with van der Waals surface area (Å²) in [5.41, 5.74) is 5.87. The molecule has 1 aliphatic heterocycles. The maximum absolute atomic E-state index is 13.3. The van der Waals surface area contributed by atoms with Gasteiger partial charge in [-0.3, -0.25) is 19.7 Å². The molecule has 1 aromatic heterocycles. The monoisotopic (exact) mass is 1060 g/mol. The molecule has 2 heterocycles. The quantitative estimate of drug-likeness (QED) is 0.0449. The molecule has 1 saturated heterocycles. The van der Waals surface area contributed by atoms with Crippen LogP contribution in [0.2, 0.25) is 0 Å². The van der Waals surface area contributed by atoms with E-state index in [-0.39, 0.29) is 41.8 Å². The number of aliphatic hydroxyl groups excluding tert-OH is 1. The van der Waals surface area contributed by atoms with Gasteiger partial charge in [0.25, 0.3) is 5.91 Å². The number of pyridine rings is 1. The second kappa shape index (κ2) is 26.8. The number of carbonyl (C=O) groups excluding carboxylic acids is 3. The molecule has 5 aromatic carbocycles. The number of nitrogens with one attached hydrogen (secondary N) is 4. The molecule has 23 heteroatoms. The zero-order valence-corrected chi connectivity index (χ0v) is 40.8. The number of carbonyl (C=O) groups is 5. The third-order valence-corrected chi connectivity index (χ3v) is 11.7. The number of aromatic hydroxyl groups is 1. The standard InChI is InChI=1S/C49H52N6O7.2C2HF3O2/c1-32(50-31-44(57)40-19-21-43(56)47-41(40)20-22-45(58)53-47)29-33-15-17-36(18-16-33)51-48(60)35-11-8-12-37(30-35)54(2)46(59)25-28-55-26-23-38(24-27-55)62-49(61)52-42-14-7-6-13-39(42)34-9-4-3-5-10-34;2*3-2(4,5)1(6)7/h3-22,30,32,38,44,50,56-57H,23-29,31H2,1-2H3,(H,51,60)(H,52,61)(H,53,58);2*(H,6,7)/t32-,44+;;/m1../s1. The lowest BCUT2D eigenvalue weighted by Crippen LogP contribution is -2.40. The number of carboxylic acid groups (broad SMARTS) is 2. The first-order valence-corrected chi connectivity index (χ1v) is 23.4. The van der Waals surface area contributed by atoms with Crippen LogP contribution in [0.4, 0.5) is 48.2 Å². The Morgan fingerprint density at radius 3 is 2.04 bits per heavy atom. The van der Waals surface area contributed by atoms with Gasteiger partial charge in [-0.15, -0.1) is 0 Å². The van der Waals surface area contributed by atoms with Crippen molar-refractivity contribution >= 4 is 57.8 Å². The van der Waals surface area contributed by atoms with Gasteiger partial charge in [0.2, 0.25) is 11.5 Å². The number of alkyl halides is 6. The van der Waals surface area contributed by atoms with Crippen LogP contribution in [-0.2, 0) is 25.5 Å². The molecule has 1 fully saturated rings. The van der Waals surface area contributed by atoms with E-state index in [0.717, 1.165) is 16.7 Å². The minimum atomic E-state index is -5.08. The van der Waals surface area contributed by atoms with Gasteiger partial charge in [-0.2, -0.15) is 26.3 Å². The lowest BCUT2D eigenvalue weighted by Gasteiger charge is -2.31. The van der Waals surface area contributed by atoms with Crippen molar-refractivity contribution in [3.8, 4) is 16.9 Å². The molecule has 404 valence electrons. The number of fused-ring (bicyclic) bond motifs is 1. The summed E-state index contributed by atoms with van der Waals surface area (Å²) in [5.74, 6) is -5.94. The van der Waals surface area contributed by atoms with Crippen molar-refractivity contribution in [1.82, 2.24) is 15.2 Å². The molecule has 17 nitrogen and oxygen atoms in total. The number of hydrogen-bond acceptors (Lipinski definition) is 11. The summed E-state index contributed by atoms with van der Waals surface area (Å²) >= 11 is 0. The van der Waals surface area contributed by atoms with Crippen molar-refractivity contribution in [3.63, 3.8) is 0 Å². The van der Waals surface area contributed by atoms with E-state index in [1.165, 1.54) is 12.1 Å². The second-order valence-electron chi connectivity index (χ2n) is 17.3. The van der Waals surface area contributed by atoms with Crippen LogP contribution >= 0.6 is 0 Å². The number of anilines is 3. The van der Waals surface area contributed by atoms with E-state index < -0.39 is 36.5 Å². The molecule has 0 unspecified atom stereocenters. The number of phenols is 1. The van der Waals surface area contributed by atoms with E-state index in [0.29, 0.717) is 84.4 Å². The van der Waals surface area contributed by atoms with Crippen LogP contribution < -0.4 is 26.4 Å². The van der Waals surface area contributed by atoms with Crippen LogP contribution in [0.25, 0.3) is 22.0 Å². The summed E-state index contributed by atoms with van der Waals surface area (Å²) in [6.07, 6.45) is -9.41. The van der Waals surface area contributed by atoms with Gasteiger partial charge in [-0.1, -0.05) is 72.8 Å². The number of aliphatic hydroxyl groups is 1. The molecule has 0 saturated carbocycles. The fraction of sp³-hybridized carbons (Fsp3) is 0.283. The maximum Gasteiger partial charge on any atom is 0.490 e. The Bertz CT molecular complexity index is 2980. The summed E-state index contributed by atoms with van der Waals surface area (Å²) < 4.78 is 69.2. The third-order valence-electron chi connectivity index (χ3n) is 11.7. The van der Waals surface area contributed by atoms with E-state index in [1.807, 2.05) is 85.8 Å². The van der Waals surface area contributed by atoms with E-state index in [2.05, 4.69) is 25.8 Å². The van der Waals surface area contributed by atoms with Gasteiger partial charge in [-0.25, -0.2) is 14.4 Å². The molecule has 7 rings (SSSR count). The lowest BCUT2D eigenvalue weighted by molar-refractivity contribution is -0.193. The van der Waals surface area contributed by atoms with E-state index in [4.69, 9.17) is 24.5 Å². The molecule has 2 atom stereocenters. The second-order valence-corrected chi connectivity index (χ2v) is 17.3. The Morgan fingerprint density at radius 2 is 1.41 bits per heavy atom. The zero-order chi connectivity index (χ0) is 55.7. The molecule has 0 spiro atoms. The molecule has 0 bridgehead atoms. The lowest BCUT2D eigenvalue weighted by atomic mass is 10.0. The number of aromatic amines is 1. The van der Waals surface area contributed by atoms with Crippen molar-refractivity contribution < 1.29 is 75.5 Å². The molecule has 6 aromatic rings. The smallest absolute Gasteiger partial charge is 0.490 e. The van der Waals surface area contributed by atoms with Crippen LogP contribution in [0, 0.1) is 0 Å². The number of nitrogens with zero attached hydrogens (tertiary/aromatic N) is 2. The number of para-hydroxylation sites is 1. The highest BCUT2D eigenvalue weighted by Crippen LogP contribution is 2.30. The normalized spacial score (nSPS) is 13.6. The number of benzene rings is 5. The average molecular weight is 1070 g/mol. The third kappa shape index (κ3) is 17.7. The van der Waals surface area contributed by atoms with Crippen molar-refractivity contribution in [2.24, 2.45) is 0 Å². The average Bonchev–Trinajstić information content (AvgIpc) is 3.39. The van der Waals surface area contributed by atoms with Crippen LogP contribution in [-0.4, -0.2) is 118 Å². The number of halogens is 6. The summed E-state index contributed by atoms with van der Waals surface area (Å²) in [7, 11) is 1.71. The fourth-order valence-electron chi connectivity index (χ4n) is 7.75. The van der Waals surface area contributed by atoms with Crippen LogP contribution in [0.1, 0.15) is 53.8 Å². The molecule has 3 amide bonds. The predicted molar refractivity (Wildman–Crippen MR) is 270 cm³/mol. The van der Waals surface area contributed by atoms with E-state index in [9.17, 15) is 55.7 Å². The Labute approximate surface area is 430 Å². The molecule has 76 heavy (non-hydrogen) atoms. The molecule has 8 N–H and O–H groups in total. The number of phenolic OH excluding ortho intramolecular Hbond substituents is 1. The zero-order valence-electron chi connectivity index (χ0n) is 40.8. The van der Waals surface area contributed by atoms with Crippen LogP contribution in [0.3, 0.4) is 0 Å². The van der Waals surface area contributed by atoms with Gasteiger partial charge in [0.15, 0.2) is 0 Å². The van der Waals surface area contributed by atoms with E-state index >= 15 is 0 Å². The first-order chi connectivity index (χ1) is 35.9. The predicted octanol–water partition coefficient (Wildman–Crippen LogP) is 8.74. The van der Waals surface area contributed by atoms with Crippen molar-refractivity contribution in [2.75, 3.05) is 48.8 Å². The Hall–Kier alpha value is -8.28. The fourth-order valence-corrected chi connectivity index (χ4v) is 7.75. The Kier molecular flexibility index (Phi) is 20.7. The number of aromatic nitrogens is 1. The highest BCUT2D eigenvalue weighted by Gasteiger charge is 2.39. The highest BCUT2D eigenvalue weighted by atomic mass is 19.4.